The standard InChI is InChI=1S/C18H16N2O5S2/c1-3-24-18(22)25-11-5-4-10(8-12(11)23-2)9-13-15(21)14(16(19)27-13)17-20-6-7-26-17/h4-9,14,19H,3H2,1-2H3/b13-9-,19-16?/t14-/m0/s1. The van der Waals surface area contributed by atoms with Gasteiger partial charge in [-0.1, -0.05) is 17.8 Å². The molecule has 7 nitrogen and oxygen atoms in total. The normalized spacial score (nSPS) is 18.0. The van der Waals surface area contributed by atoms with E-state index in [1.54, 1.807) is 42.8 Å². The molecule has 1 aliphatic rings. The Balaban J connectivity index is 1.83. The van der Waals surface area contributed by atoms with Crippen molar-refractivity contribution >= 4 is 46.2 Å². The van der Waals surface area contributed by atoms with Crippen molar-refractivity contribution in [2.24, 2.45) is 0 Å². The first kappa shape index (κ1) is 19.1. The lowest BCUT2D eigenvalue weighted by molar-refractivity contribution is -0.114. The van der Waals surface area contributed by atoms with Crippen LogP contribution in [0.4, 0.5) is 4.79 Å². The molecule has 0 unspecified atom stereocenters. The van der Waals surface area contributed by atoms with Gasteiger partial charge < -0.3 is 14.2 Å². The van der Waals surface area contributed by atoms with Crippen LogP contribution in [-0.2, 0) is 9.53 Å². The molecule has 2 aromatic rings. The highest BCUT2D eigenvalue weighted by Gasteiger charge is 2.38. The Morgan fingerprint density at radius 2 is 2.19 bits per heavy atom. The zero-order valence-electron chi connectivity index (χ0n) is 14.6. The average Bonchev–Trinajstić information content (AvgIpc) is 3.25. The first-order valence-electron chi connectivity index (χ1n) is 7.97. The molecule has 0 amide bonds. The molecule has 1 aromatic carbocycles. The summed E-state index contributed by atoms with van der Waals surface area (Å²) in [6, 6.07) is 4.91. The number of Topliss-reactive ketones (excluding diaryl/α,β-unsaturated/α-hetero) is 1. The maximum absolute atomic E-state index is 12.7. The number of methoxy groups -OCH3 is 1. The Labute approximate surface area is 163 Å². The monoisotopic (exact) mass is 404 g/mol. The minimum Gasteiger partial charge on any atom is -0.493 e. The second-order valence-electron chi connectivity index (χ2n) is 5.34. The highest BCUT2D eigenvalue weighted by Crippen LogP contribution is 2.41. The number of nitrogens with one attached hydrogen (secondary N) is 1. The van der Waals surface area contributed by atoms with Gasteiger partial charge in [-0.3, -0.25) is 10.2 Å². The summed E-state index contributed by atoms with van der Waals surface area (Å²) in [4.78, 5) is 28.8. The van der Waals surface area contributed by atoms with Crippen LogP contribution in [0.15, 0.2) is 34.7 Å². The van der Waals surface area contributed by atoms with Crippen LogP contribution >= 0.6 is 23.1 Å². The van der Waals surface area contributed by atoms with Gasteiger partial charge in [0.05, 0.1) is 23.7 Å². The van der Waals surface area contributed by atoms with Gasteiger partial charge in [0.15, 0.2) is 17.3 Å². The van der Waals surface area contributed by atoms with E-state index in [1.807, 2.05) is 0 Å². The number of rotatable bonds is 5. The van der Waals surface area contributed by atoms with Crippen LogP contribution in [0.1, 0.15) is 23.4 Å². The zero-order valence-corrected chi connectivity index (χ0v) is 16.2. The van der Waals surface area contributed by atoms with Crippen LogP contribution in [0.25, 0.3) is 6.08 Å². The molecule has 27 heavy (non-hydrogen) atoms. The fourth-order valence-corrected chi connectivity index (χ4v) is 4.24. The molecule has 1 aliphatic heterocycles. The van der Waals surface area contributed by atoms with Crippen molar-refractivity contribution in [2.45, 2.75) is 12.8 Å². The van der Waals surface area contributed by atoms with Crippen molar-refractivity contribution in [3.63, 3.8) is 0 Å². The number of thioether (sulfide) groups is 1. The van der Waals surface area contributed by atoms with Crippen molar-refractivity contribution in [2.75, 3.05) is 13.7 Å². The summed E-state index contributed by atoms with van der Waals surface area (Å²) in [7, 11) is 1.45. The van der Waals surface area contributed by atoms with E-state index in [2.05, 4.69) is 4.98 Å². The largest absolute Gasteiger partial charge is 0.513 e. The first-order chi connectivity index (χ1) is 13.0. The number of hydrogen-bond donors (Lipinski definition) is 1. The second-order valence-corrected chi connectivity index (χ2v) is 7.35. The highest BCUT2D eigenvalue weighted by molar-refractivity contribution is 8.19. The quantitative estimate of drug-likeness (QED) is 0.455. The Morgan fingerprint density at radius 1 is 1.37 bits per heavy atom. The summed E-state index contributed by atoms with van der Waals surface area (Å²) in [6.07, 6.45) is 2.49. The fourth-order valence-electron chi connectivity index (χ4n) is 2.44. The number of ether oxygens (including phenoxy) is 3. The van der Waals surface area contributed by atoms with Gasteiger partial charge in [0, 0.05) is 11.6 Å². The number of nitrogens with zero attached hydrogens (tertiary/aromatic N) is 1. The molecule has 1 fully saturated rings. The van der Waals surface area contributed by atoms with Crippen molar-refractivity contribution in [1.82, 2.24) is 4.98 Å². The van der Waals surface area contributed by atoms with E-state index in [-0.39, 0.29) is 23.2 Å². The summed E-state index contributed by atoms with van der Waals surface area (Å²) in [5, 5.41) is 10.8. The third-order valence-corrected chi connectivity index (χ3v) is 5.46. The number of hydrogen-bond acceptors (Lipinski definition) is 9. The maximum Gasteiger partial charge on any atom is 0.513 e. The number of benzene rings is 1. The van der Waals surface area contributed by atoms with Gasteiger partial charge in [-0.05, 0) is 30.7 Å². The molecule has 0 saturated carbocycles. The Morgan fingerprint density at radius 3 is 2.85 bits per heavy atom. The van der Waals surface area contributed by atoms with Gasteiger partial charge in [-0.15, -0.1) is 11.3 Å². The van der Waals surface area contributed by atoms with Crippen LogP contribution in [0, 0.1) is 5.41 Å². The van der Waals surface area contributed by atoms with Gasteiger partial charge in [-0.25, -0.2) is 9.78 Å². The van der Waals surface area contributed by atoms with Crippen LogP contribution in [0.2, 0.25) is 0 Å². The molecular weight excluding hydrogens is 388 g/mol. The van der Waals surface area contributed by atoms with E-state index in [0.717, 1.165) is 11.8 Å². The highest BCUT2D eigenvalue weighted by atomic mass is 32.2. The predicted octanol–water partition coefficient (Wildman–Crippen LogP) is 4.10. The average molecular weight is 404 g/mol. The third-order valence-electron chi connectivity index (χ3n) is 3.63. The predicted molar refractivity (Wildman–Crippen MR) is 104 cm³/mol. The summed E-state index contributed by atoms with van der Waals surface area (Å²) in [5.74, 6) is -0.225. The molecular formula is C18H16N2O5S2. The van der Waals surface area contributed by atoms with Crippen LogP contribution < -0.4 is 9.47 Å². The maximum atomic E-state index is 12.7. The van der Waals surface area contributed by atoms with Crippen molar-refractivity contribution in [1.29, 1.82) is 5.41 Å². The number of thiazole rings is 1. The lowest BCUT2D eigenvalue weighted by Gasteiger charge is -2.09. The second kappa shape index (κ2) is 8.36. The van der Waals surface area contributed by atoms with E-state index in [9.17, 15) is 9.59 Å². The molecule has 0 radical (unpaired) electrons. The Hall–Kier alpha value is -2.65. The van der Waals surface area contributed by atoms with Crippen molar-refractivity contribution in [3.8, 4) is 11.5 Å². The molecule has 0 aliphatic carbocycles. The van der Waals surface area contributed by atoms with Crippen LogP contribution in [0.5, 0.6) is 11.5 Å². The van der Waals surface area contributed by atoms with E-state index in [0.29, 0.717) is 21.2 Å². The summed E-state index contributed by atoms with van der Waals surface area (Å²) < 4.78 is 15.1. The molecule has 0 spiro atoms. The van der Waals surface area contributed by atoms with Crippen LogP contribution in [-0.4, -0.2) is 35.7 Å². The Bertz CT molecular complexity index is 908. The summed E-state index contributed by atoms with van der Waals surface area (Å²) in [5.41, 5.74) is 0.687. The molecule has 3 rings (SSSR count). The van der Waals surface area contributed by atoms with Crippen LogP contribution in [0.3, 0.4) is 0 Å². The van der Waals surface area contributed by atoms with Gasteiger partial charge >= 0.3 is 6.16 Å². The summed E-state index contributed by atoms with van der Waals surface area (Å²) in [6.45, 7) is 1.89. The fraction of sp³-hybridized carbons (Fsp3) is 0.222. The van der Waals surface area contributed by atoms with Gasteiger partial charge in [0.25, 0.3) is 0 Å². The molecule has 1 saturated heterocycles. The number of carbonyl (C=O) groups excluding carboxylic acids is 2. The zero-order chi connectivity index (χ0) is 19.4. The van der Waals surface area contributed by atoms with Gasteiger partial charge in [0.1, 0.15) is 10.9 Å². The lowest BCUT2D eigenvalue weighted by Crippen LogP contribution is -2.11. The SMILES string of the molecule is CCOC(=O)Oc1ccc(/C=C2\SC(=N)[C@@H](c3nccs3)C2=O)cc1OC. The molecule has 1 atom stereocenters. The van der Waals surface area contributed by atoms with E-state index in [4.69, 9.17) is 19.6 Å². The smallest absolute Gasteiger partial charge is 0.493 e. The molecule has 1 aromatic heterocycles. The number of ketones is 1. The summed E-state index contributed by atoms with van der Waals surface area (Å²) >= 11 is 2.49. The number of aromatic nitrogens is 1. The number of allylic oxidation sites excluding steroid dienone is 1. The minimum atomic E-state index is -0.817. The third kappa shape index (κ3) is 4.20. The van der Waals surface area contributed by atoms with Gasteiger partial charge in [0.2, 0.25) is 0 Å². The molecule has 2 heterocycles. The van der Waals surface area contributed by atoms with Crippen molar-refractivity contribution in [3.05, 3.63) is 45.3 Å². The topological polar surface area (TPSA) is 98.6 Å². The van der Waals surface area contributed by atoms with Crippen molar-refractivity contribution < 1.29 is 23.8 Å². The van der Waals surface area contributed by atoms with Gasteiger partial charge in [-0.2, -0.15) is 0 Å². The Kier molecular flexibility index (Phi) is 5.92. The molecule has 1 N–H and O–H groups in total. The molecule has 0 bridgehead atoms. The minimum absolute atomic E-state index is 0.147. The van der Waals surface area contributed by atoms with E-state index >= 15 is 0 Å². The van der Waals surface area contributed by atoms with E-state index in [1.165, 1.54) is 18.4 Å². The lowest BCUT2D eigenvalue weighted by atomic mass is 10.0. The van der Waals surface area contributed by atoms with E-state index < -0.39 is 12.1 Å². The molecule has 140 valence electrons. The number of carbonyl (C=O) groups is 2. The molecule has 9 heteroatoms. The first-order valence-corrected chi connectivity index (χ1v) is 9.67.